The van der Waals surface area contributed by atoms with Crippen molar-refractivity contribution in [1.29, 1.82) is 0 Å². The molecule has 6 heteroatoms. The summed E-state index contributed by atoms with van der Waals surface area (Å²) in [5, 5.41) is 8.45. The lowest BCUT2D eigenvalue weighted by atomic mass is 10.2. The van der Waals surface area contributed by atoms with Crippen LogP contribution in [-0.4, -0.2) is 21.3 Å². The standard InChI is InChI=1S/C8H10N2O3S/c9-8(12,13-7(11)14)5-6-3-1-2-4-10-6/h1-4,12H,5,9H2,(H,11,14). The largest absolute Gasteiger partial charge is 0.411 e. The first-order valence-electron chi connectivity index (χ1n) is 3.83. The van der Waals surface area contributed by atoms with Gasteiger partial charge in [-0.1, -0.05) is 18.7 Å². The molecular formula is C8H10N2O3S. The van der Waals surface area contributed by atoms with E-state index in [1.165, 1.54) is 0 Å². The molecule has 0 spiro atoms. The maximum Gasteiger partial charge on any atom is 0.367 e. The Balaban J connectivity index is 2.63. The van der Waals surface area contributed by atoms with Gasteiger partial charge in [0, 0.05) is 11.9 Å². The smallest absolute Gasteiger partial charge is 0.367 e. The van der Waals surface area contributed by atoms with Crippen molar-refractivity contribution in [2.24, 2.45) is 5.73 Å². The van der Waals surface area contributed by atoms with Crippen LogP contribution in [0.1, 0.15) is 5.69 Å². The van der Waals surface area contributed by atoms with Crippen molar-refractivity contribution in [3.8, 4) is 0 Å². The number of carbonyl (C=O) groups excluding carboxylic acids is 1. The number of nitrogens with zero attached hydrogens (tertiary/aromatic N) is 1. The third kappa shape index (κ3) is 3.73. The molecule has 1 aromatic heterocycles. The Morgan fingerprint density at radius 2 is 2.43 bits per heavy atom. The highest BCUT2D eigenvalue weighted by Crippen LogP contribution is 2.08. The monoisotopic (exact) mass is 214 g/mol. The minimum absolute atomic E-state index is 0.0832. The van der Waals surface area contributed by atoms with Gasteiger partial charge in [-0.3, -0.25) is 10.7 Å². The summed E-state index contributed by atoms with van der Waals surface area (Å²) >= 11 is 3.34. The average Bonchev–Trinajstić information content (AvgIpc) is 2.02. The number of hydrogen-bond acceptors (Lipinski definition) is 5. The summed E-state index contributed by atoms with van der Waals surface area (Å²) < 4.78 is 4.36. The molecule has 1 unspecified atom stereocenters. The van der Waals surface area contributed by atoms with Gasteiger partial charge in [0.2, 0.25) is 0 Å². The highest BCUT2D eigenvalue weighted by molar-refractivity contribution is 7.96. The third-order valence-corrected chi connectivity index (χ3v) is 1.52. The Bertz CT molecular complexity index is 316. The van der Waals surface area contributed by atoms with Crippen LogP contribution in [-0.2, 0) is 11.2 Å². The van der Waals surface area contributed by atoms with Crippen LogP contribution in [0.2, 0.25) is 0 Å². The van der Waals surface area contributed by atoms with Gasteiger partial charge in [0.05, 0.1) is 6.42 Å². The zero-order valence-electron chi connectivity index (χ0n) is 7.25. The molecule has 0 aliphatic carbocycles. The van der Waals surface area contributed by atoms with Crippen LogP contribution in [0.25, 0.3) is 0 Å². The molecule has 0 amide bonds. The van der Waals surface area contributed by atoms with E-state index in [9.17, 15) is 9.90 Å². The van der Waals surface area contributed by atoms with Gasteiger partial charge < -0.3 is 9.84 Å². The van der Waals surface area contributed by atoms with Crippen LogP contribution in [0.3, 0.4) is 0 Å². The molecule has 3 N–H and O–H groups in total. The molecule has 0 aliphatic heterocycles. The molecule has 1 aromatic rings. The summed E-state index contributed by atoms with van der Waals surface area (Å²) in [6, 6.07) is 5.12. The van der Waals surface area contributed by atoms with E-state index in [0.29, 0.717) is 5.69 Å². The van der Waals surface area contributed by atoms with E-state index < -0.39 is 11.2 Å². The third-order valence-electron chi connectivity index (χ3n) is 1.42. The molecule has 0 bridgehead atoms. The predicted octanol–water partition coefficient (Wildman–Crippen LogP) is 0.295. The van der Waals surface area contributed by atoms with Crippen LogP contribution in [0.4, 0.5) is 4.79 Å². The summed E-state index contributed by atoms with van der Waals surface area (Å²) in [5.74, 6) is -2.06. The quantitative estimate of drug-likeness (QED) is 0.382. The molecule has 14 heavy (non-hydrogen) atoms. The molecule has 1 atom stereocenters. The molecule has 1 heterocycles. The van der Waals surface area contributed by atoms with Crippen LogP contribution in [0, 0.1) is 0 Å². The molecule has 0 radical (unpaired) electrons. The number of thiol groups is 1. The molecule has 5 nitrogen and oxygen atoms in total. The number of hydrogen-bond donors (Lipinski definition) is 3. The normalized spacial score (nSPS) is 14.5. The van der Waals surface area contributed by atoms with Crippen LogP contribution in [0.5, 0.6) is 0 Å². The number of carbonyl (C=O) groups is 1. The summed E-state index contributed by atoms with van der Waals surface area (Å²) in [6.45, 7) is 0. The lowest BCUT2D eigenvalue weighted by Gasteiger charge is -2.20. The highest BCUT2D eigenvalue weighted by Gasteiger charge is 2.26. The molecule has 0 aliphatic rings. The van der Waals surface area contributed by atoms with Crippen molar-refractivity contribution in [1.82, 2.24) is 4.98 Å². The molecule has 0 saturated carbocycles. The fraction of sp³-hybridized carbons (Fsp3) is 0.250. The average molecular weight is 214 g/mol. The molecule has 0 fully saturated rings. The fourth-order valence-electron chi connectivity index (χ4n) is 0.949. The van der Waals surface area contributed by atoms with E-state index in [1.807, 2.05) is 0 Å². The van der Waals surface area contributed by atoms with E-state index in [2.05, 4.69) is 22.3 Å². The van der Waals surface area contributed by atoms with Crippen molar-refractivity contribution in [2.75, 3.05) is 0 Å². The van der Waals surface area contributed by atoms with E-state index in [4.69, 9.17) is 5.73 Å². The lowest BCUT2D eigenvalue weighted by Crippen LogP contribution is -2.45. The second-order valence-electron chi connectivity index (χ2n) is 2.71. The zero-order chi connectivity index (χ0) is 10.6. The highest BCUT2D eigenvalue weighted by atomic mass is 32.1. The maximum atomic E-state index is 10.4. The Labute approximate surface area is 86.3 Å². The molecule has 1 rings (SSSR count). The topological polar surface area (TPSA) is 85.4 Å². The fourth-order valence-corrected chi connectivity index (χ4v) is 1.11. The van der Waals surface area contributed by atoms with Gasteiger partial charge in [0.15, 0.2) is 0 Å². The second kappa shape index (κ2) is 4.41. The van der Waals surface area contributed by atoms with Crippen LogP contribution >= 0.6 is 12.6 Å². The minimum atomic E-state index is -2.06. The number of pyridine rings is 1. The SMILES string of the molecule is NC(O)(Cc1ccccn1)OC(=O)S. The number of rotatable bonds is 3. The van der Waals surface area contributed by atoms with Gasteiger partial charge in [-0.25, -0.2) is 4.79 Å². The number of ether oxygens (including phenoxy) is 1. The summed E-state index contributed by atoms with van der Waals surface area (Å²) in [7, 11) is 0. The maximum absolute atomic E-state index is 10.4. The van der Waals surface area contributed by atoms with Gasteiger partial charge >= 0.3 is 5.30 Å². The van der Waals surface area contributed by atoms with Crippen molar-refractivity contribution < 1.29 is 14.6 Å². The summed E-state index contributed by atoms with van der Waals surface area (Å²) in [6.07, 6.45) is 1.47. The zero-order valence-corrected chi connectivity index (χ0v) is 8.15. The first-order chi connectivity index (χ1) is 6.49. The van der Waals surface area contributed by atoms with Crippen molar-refractivity contribution >= 4 is 17.9 Å². The van der Waals surface area contributed by atoms with Gasteiger partial charge in [0.25, 0.3) is 5.91 Å². The Kier molecular flexibility index (Phi) is 3.45. The molecule has 0 saturated heterocycles. The van der Waals surface area contributed by atoms with Crippen LogP contribution < -0.4 is 5.73 Å². The molecule has 76 valence electrons. The Morgan fingerprint density at radius 1 is 1.71 bits per heavy atom. The first-order valence-corrected chi connectivity index (χ1v) is 4.27. The molecular weight excluding hydrogens is 204 g/mol. The minimum Gasteiger partial charge on any atom is -0.411 e. The second-order valence-corrected chi connectivity index (χ2v) is 3.08. The van der Waals surface area contributed by atoms with Gasteiger partial charge in [-0.15, -0.1) is 0 Å². The van der Waals surface area contributed by atoms with E-state index in [1.54, 1.807) is 24.4 Å². The summed E-state index contributed by atoms with van der Waals surface area (Å²) in [4.78, 5) is 14.3. The number of aromatic nitrogens is 1. The Morgan fingerprint density at radius 3 is 2.93 bits per heavy atom. The van der Waals surface area contributed by atoms with Crippen molar-refractivity contribution in [2.45, 2.75) is 12.3 Å². The van der Waals surface area contributed by atoms with Crippen molar-refractivity contribution in [3.63, 3.8) is 0 Å². The Hall–Kier alpha value is -1.11. The van der Waals surface area contributed by atoms with E-state index in [-0.39, 0.29) is 6.42 Å². The van der Waals surface area contributed by atoms with Crippen LogP contribution in [0.15, 0.2) is 24.4 Å². The van der Waals surface area contributed by atoms with Gasteiger partial charge in [-0.05, 0) is 12.1 Å². The van der Waals surface area contributed by atoms with Gasteiger partial charge in [0.1, 0.15) is 0 Å². The van der Waals surface area contributed by atoms with E-state index >= 15 is 0 Å². The lowest BCUT2D eigenvalue weighted by molar-refractivity contribution is -0.148. The molecule has 0 aromatic carbocycles. The van der Waals surface area contributed by atoms with Crippen molar-refractivity contribution in [3.05, 3.63) is 30.1 Å². The number of aliphatic hydroxyl groups is 1. The number of nitrogens with two attached hydrogens (primary N) is 1. The first kappa shape index (κ1) is 11.0. The predicted molar refractivity (Wildman–Crippen MR) is 52.5 cm³/mol. The summed E-state index contributed by atoms with van der Waals surface area (Å²) in [5.41, 5.74) is 5.79. The van der Waals surface area contributed by atoms with E-state index in [0.717, 1.165) is 0 Å². The van der Waals surface area contributed by atoms with Gasteiger partial charge in [-0.2, -0.15) is 0 Å².